The van der Waals surface area contributed by atoms with Crippen molar-refractivity contribution in [3.8, 4) is 11.1 Å². The zero-order chi connectivity index (χ0) is 29.6. The first-order chi connectivity index (χ1) is 20.2. The Labute approximate surface area is 253 Å². The minimum Gasteiger partial charge on any atom is -0.0657 e. The zero-order valence-electron chi connectivity index (χ0n) is 27.1. The van der Waals surface area contributed by atoms with E-state index in [2.05, 4.69) is 122 Å². The Morgan fingerprint density at radius 1 is 0.714 bits per heavy atom. The Morgan fingerprint density at radius 3 is 2.12 bits per heavy atom. The maximum absolute atomic E-state index is 2.76. The number of hydrogen-bond donors (Lipinski definition) is 0. The lowest BCUT2D eigenvalue weighted by Crippen LogP contribution is -2.29. The van der Waals surface area contributed by atoms with E-state index in [1.54, 1.807) is 33.4 Å². The van der Waals surface area contributed by atoms with E-state index < -0.39 is 0 Å². The van der Waals surface area contributed by atoms with E-state index in [0.717, 1.165) is 6.42 Å². The van der Waals surface area contributed by atoms with Gasteiger partial charge in [-0.05, 0) is 122 Å². The summed E-state index contributed by atoms with van der Waals surface area (Å²) >= 11 is 0. The summed E-state index contributed by atoms with van der Waals surface area (Å²) in [5, 5.41) is 5.75. The molecule has 0 radical (unpaired) electrons. The van der Waals surface area contributed by atoms with Crippen molar-refractivity contribution in [2.75, 3.05) is 0 Å². The molecule has 0 N–H and O–H groups in total. The van der Waals surface area contributed by atoms with Crippen LogP contribution in [-0.2, 0) is 10.8 Å². The van der Waals surface area contributed by atoms with Crippen molar-refractivity contribution in [1.29, 1.82) is 0 Å². The molecule has 3 aliphatic rings. The molecule has 4 aromatic rings. The molecule has 0 heteroatoms. The molecule has 0 aromatic heterocycles. The van der Waals surface area contributed by atoms with Crippen LogP contribution >= 0.6 is 0 Å². The van der Waals surface area contributed by atoms with Crippen LogP contribution in [0.25, 0.3) is 32.7 Å². The van der Waals surface area contributed by atoms with E-state index in [1.165, 1.54) is 63.9 Å². The van der Waals surface area contributed by atoms with Gasteiger partial charge < -0.3 is 0 Å². The molecule has 0 saturated heterocycles. The first-order valence-electron chi connectivity index (χ1n) is 16.8. The van der Waals surface area contributed by atoms with Gasteiger partial charge in [0.15, 0.2) is 0 Å². The first-order valence-corrected chi connectivity index (χ1v) is 16.8. The van der Waals surface area contributed by atoms with E-state index in [4.69, 9.17) is 0 Å². The van der Waals surface area contributed by atoms with Gasteiger partial charge in [-0.3, -0.25) is 0 Å². The molecule has 0 nitrogen and oxygen atoms in total. The number of hydrogen-bond acceptors (Lipinski definition) is 0. The van der Waals surface area contributed by atoms with Gasteiger partial charge in [-0.15, -0.1) is 0 Å². The minimum atomic E-state index is -0.114. The van der Waals surface area contributed by atoms with Crippen molar-refractivity contribution in [1.82, 2.24) is 0 Å². The molecule has 0 amide bonds. The van der Waals surface area contributed by atoms with Crippen molar-refractivity contribution >= 4 is 21.5 Å². The highest BCUT2D eigenvalue weighted by molar-refractivity contribution is 6.12. The van der Waals surface area contributed by atoms with Gasteiger partial charge >= 0.3 is 0 Å². The van der Waals surface area contributed by atoms with Crippen LogP contribution in [0.5, 0.6) is 0 Å². The number of fused-ring (bicyclic) bond motifs is 4. The van der Waals surface area contributed by atoms with E-state index >= 15 is 0 Å². The van der Waals surface area contributed by atoms with E-state index in [9.17, 15) is 0 Å². The van der Waals surface area contributed by atoms with Gasteiger partial charge in [0.05, 0.1) is 0 Å². The molecular weight excluding hydrogens is 504 g/mol. The summed E-state index contributed by atoms with van der Waals surface area (Å²) in [6.07, 6.45) is 11.3. The van der Waals surface area contributed by atoms with Crippen molar-refractivity contribution in [2.45, 2.75) is 104 Å². The average molecular weight is 553 g/mol. The Kier molecular flexibility index (Phi) is 6.40. The first kappa shape index (κ1) is 27.7. The van der Waals surface area contributed by atoms with Gasteiger partial charge in [0.1, 0.15) is 0 Å². The highest BCUT2D eigenvalue weighted by atomic mass is 14.5. The van der Waals surface area contributed by atoms with Gasteiger partial charge in [0.2, 0.25) is 0 Å². The molecule has 1 spiro atoms. The van der Waals surface area contributed by atoms with E-state index in [1.807, 2.05) is 0 Å². The Bertz CT molecular complexity index is 1800. The molecule has 7 rings (SSSR count). The molecule has 216 valence electrons. The van der Waals surface area contributed by atoms with Crippen LogP contribution in [0.1, 0.15) is 121 Å². The summed E-state index contributed by atoms with van der Waals surface area (Å²) in [5.41, 5.74) is 13.7. The molecule has 42 heavy (non-hydrogen) atoms. The minimum absolute atomic E-state index is 0.0829. The SMILES string of the molecule is CCC(CC)C1=CC2(CC(C(CC)CC)=C1)c1cc3ccc(C(C)C)cc3c3c1-c1c2ccc2cccc(c12)C3(C)C. The van der Waals surface area contributed by atoms with Crippen molar-refractivity contribution < 1.29 is 0 Å². The van der Waals surface area contributed by atoms with Gasteiger partial charge in [-0.1, -0.05) is 122 Å². The topological polar surface area (TPSA) is 0 Å². The third-order valence-electron chi connectivity index (χ3n) is 11.6. The zero-order valence-corrected chi connectivity index (χ0v) is 27.1. The summed E-state index contributed by atoms with van der Waals surface area (Å²) in [6, 6.07) is 21.9. The molecule has 1 atom stereocenters. The normalized spacial score (nSPS) is 20.0. The standard InChI is InChI=1S/C42H48/c1-9-26(10-2)31-20-32(27(11-3)12-4)24-42(23-31)35-19-18-28-14-13-15-34-37(28)38(35)39-36(42)22-30-17-16-29(25(5)6)21-33(30)40(39)41(34,7)8/h13-23,25-27H,9-12,24H2,1-8H3. The van der Waals surface area contributed by atoms with Crippen molar-refractivity contribution in [3.05, 3.63) is 106 Å². The molecular formula is C42H48. The van der Waals surface area contributed by atoms with Crippen LogP contribution in [-0.4, -0.2) is 0 Å². The summed E-state index contributed by atoms with van der Waals surface area (Å²) in [6.45, 7) is 19.2. The lowest BCUT2D eigenvalue weighted by Gasteiger charge is -2.38. The summed E-state index contributed by atoms with van der Waals surface area (Å²) in [5.74, 6) is 1.75. The number of rotatable bonds is 7. The van der Waals surface area contributed by atoms with Gasteiger partial charge in [0.25, 0.3) is 0 Å². The fourth-order valence-corrected chi connectivity index (χ4v) is 9.23. The fourth-order valence-electron chi connectivity index (χ4n) is 9.23. The average Bonchev–Trinajstić information content (AvgIpc) is 3.24. The van der Waals surface area contributed by atoms with Crippen LogP contribution < -0.4 is 0 Å². The smallest absolute Gasteiger partial charge is 0.0437 e. The van der Waals surface area contributed by atoms with Crippen LogP contribution in [0, 0.1) is 11.8 Å². The van der Waals surface area contributed by atoms with Crippen LogP contribution in [0.3, 0.4) is 0 Å². The highest BCUT2D eigenvalue weighted by Crippen LogP contribution is 2.64. The predicted molar refractivity (Wildman–Crippen MR) is 183 cm³/mol. The second-order valence-electron chi connectivity index (χ2n) is 14.4. The maximum atomic E-state index is 2.76. The Hall–Kier alpha value is -3.12. The number of allylic oxidation sites excluding steroid dienone is 4. The number of benzene rings is 4. The third-order valence-corrected chi connectivity index (χ3v) is 11.6. The Morgan fingerprint density at radius 2 is 1.43 bits per heavy atom. The summed E-state index contributed by atoms with van der Waals surface area (Å²) in [7, 11) is 0. The van der Waals surface area contributed by atoms with E-state index in [0.29, 0.717) is 17.8 Å². The van der Waals surface area contributed by atoms with E-state index in [-0.39, 0.29) is 10.8 Å². The van der Waals surface area contributed by atoms with Crippen molar-refractivity contribution in [3.63, 3.8) is 0 Å². The largest absolute Gasteiger partial charge is 0.0657 e. The lowest BCUT2D eigenvalue weighted by atomic mass is 9.65. The van der Waals surface area contributed by atoms with Crippen LogP contribution in [0.4, 0.5) is 0 Å². The molecule has 0 fully saturated rings. The highest BCUT2D eigenvalue weighted by Gasteiger charge is 2.50. The molecule has 0 bridgehead atoms. The summed E-state index contributed by atoms with van der Waals surface area (Å²) in [4.78, 5) is 0. The van der Waals surface area contributed by atoms with Crippen LogP contribution in [0.15, 0.2) is 77.9 Å². The molecule has 1 unspecified atom stereocenters. The maximum Gasteiger partial charge on any atom is 0.0437 e. The van der Waals surface area contributed by atoms with Gasteiger partial charge in [-0.2, -0.15) is 0 Å². The fraction of sp³-hybridized carbons (Fsp3) is 0.429. The predicted octanol–water partition coefficient (Wildman–Crippen LogP) is 12.2. The second kappa shape index (κ2) is 9.70. The summed E-state index contributed by atoms with van der Waals surface area (Å²) < 4.78 is 0. The molecule has 0 saturated carbocycles. The second-order valence-corrected chi connectivity index (χ2v) is 14.4. The molecule has 0 aliphatic heterocycles. The van der Waals surface area contributed by atoms with Gasteiger partial charge in [-0.25, -0.2) is 0 Å². The van der Waals surface area contributed by atoms with Crippen molar-refractivity contribution in [2.24, 2.45) is 11.8 Å². The van der Waals surface area contributed by atoms with Crippen LogP contribution in [0.2, 0.25) is 0 Å². The quantitative estimate of drug-likeness (QED) is 0.214. The molecule has 3 aliphatic carbocycles. The Balaban J connectivity index is 1.66. The molecule has 4 aromatic carbocycles. The lowest BCUT2D eigenvalue weighted by molar-refractivity contribution is 0.490. The molecule has 0 heterocycles. The monoisotopic (exact) mass is 552 g/mol. The third kappa shape index (κ3) is 3.60. The van der Waals surface area contributed by atoms with Gasteiger partial charge in [0, 0.05) is 10.8 Å².